The van der Waals surface area contributed by atoms with Crippen LogP contribution in [0.15, 0.2) is 67.0 Å². The smallest absolute Gasteiger partial charge is 0.0498 e. The number of H-pyrrole nitrogens is 1. The maximum Gasteiger partial charge on any atom is 0.0498 e. The van der Waals surface area contributed by atoms with Crippen LogP contribution in [0.4, 0.5) is 0 Å². The number of rotatable bonds is 9. The van der Waals surface area contributed by atoms with E-state index in [9.17, 15) is 0 Å². The van der Waals surface area contributed by atoms with Gasteiger partial charge in [0.2, 0.25) is 0 Å². The van der Waals surface area contributed by atoms with E-state index in [1.807, 2.05) is 12.4 Å². The topological polar surface area (TPSA) is 40.7 Å². The third-order valence-electron chi connectivity index (χ3n) is 5.69. The van der Waals surface area contributed by atoms with Gasteiger partial charge in [0.05, 0.1) is 0 Å². The summed E-state index contributed by atoms with van der Waals surface area (Å²) in [4.78, 5) is 7.77. The lowest BCUT2D eigenvalue weighted by Gasteiger charge is -2.09. The summed E-state index contributed by atoms with van der Waals surface area (Å²) in [6, 6.07) is 19.7. The largest absolute Gasteiger partial charge is 0.354 e. The number of aromatic amines is 1. The van der Waals surface area contributed by atoms with Crippen LogP contribution in [0.25, 0.3) is 22.2 Å². The van der Waals surface area contributed by atoms with Crippen molar-refractivity contribution in [2.24, 2.45) is 0 Å². The molecular formula is C27H31N3. The van der Waals surface area contributed by atoms with Gasteiger partial charge in [-0.1, -0.05) is 35.4 Å². The van der Waals surface area contributed by atoms with Gasteiger partial charge in [0.15, 0.2) is 0 Å². The SMILES string of the molecule is Cc1cc(C)cc(-c2[nH]c3ccccc3c2CCNCCCCc2ccncc2)c1. The summed E-state index contributed by atoms with van der Waals surface area (Å²) in [6.07, 6.45) is 8.31. The second kappa shape index (κ2) is 9.73. The van der Waals surface area contributed by atoms with Gasteiger partial charge in [0, 0.05) is 29.0 Å². The molecule has 0 bridgehead atoms. The molecule has 2 aromatic carbocycles. The van der Waals surface area contributed by atoms with Gasteiger partial charge >= 0.3 is 0 Å². The first-order valence-corrected chi connectivity index (χ1v) is 11.0. The third kappa shape index (κ3) is 4.98. The van der Waals surface area contributed by atoms with Gasteiger partial charge in [-0.05, 0) is 99.6 Å². The highest BCUT2D eigenvalue weighted by Crippen LogP contribution is 2.31. The maximum atomic E-state index is 4.08. The van der Waals surface area contributed by atoms with E-state index in [0.29, 0.717) is 0 Å². The van der Waals surface area contributed by atoms with Crippen LogP contribution in [0.2, 0.25) is 0 Å². The molecule has 3 heteroatoms. The minimum Gasteiger partial charge on any atom is -0.354 e. The van der Waals surface area contributed by atoms with Crippen molar-refractivity contribution >= 4 is 10.9 Å². The highest BCUT2D eigenvalue weighted by atomic mass is 14.8. The molecule has 154 valence electrons. The molecule has 3 nitrogen and oxygen atoms in total. The van der Waals surface area contributed by atoms with Crippen molar-refractivity contribution in [3.63, 3.8) is 0 Å². The van der Waals surface area contributed by atoms with Crippen molar-refractivity contribution in [2.45, 2.75) is 39.5 Å². The van der Waals surface area contributed by atoms with E-state index in [4.69, 9.17) is 0 Å². The summed E-state index contributed by atoms with van der Waals surface area (Å²) in [5.74, 6) is 0. The number of unbranched alkanes of at least 4 members (excludes halogenated alkanes) is 1. The average Bonchev–Trinajstić information content (AvgIpc) is 3.12. The molecule has 2 aromatic heterocycles. The van der Waals surface area contributed by atoms with Crippen molar-refractivity contribution in [1.82, 2.24) is 15.3 Å². The fraction of sp³-hybridized carbons (Fsp3) is 0.296. The summed E-state index contributed by atoms with van der Waals surface area (Å²) in [6.45, 7) is 6.40. The van der Waals surface area contributed by atoms with E-state index in [1.54, 1.807) is 0 Å². The first-order chi connectivity index (χ1) is 14.7. The van der Waals surface area contributed by atoms with Gasteiger partial charge in [0.1, 0.15) is 0 Å². The number of benzene rings is 2. The molecule has 0 aliphatic heterocycles. The summed E-state index contributed by atoms with van der Waals surface area (Å²) in [5.41, 5.74) is 9.18. The Morgan fingerprint density at radius 3 is 2.40 bits per heavy atom. The molecule has 0 spiro atoms. The van der Waals surface area contributed by atoms with E-state index >= 15 is 0 Å². The Morgan fingerprint density at radius 2 is 1.60 bits per heavy atom. The number of aryl methyl sites for hydroxylation is 3. The Hall–Kier alpha value is -2.91. The molecule has 0 saturated heterocycles. The zero-order valence-corrected chi connectivity index (χ0v) is 18.0. The van der Waals surface area contributed by atoms with Crippen LogP contribution in [-0.2, 0) is 12.8 Å². The van der Waals surface area contributed by atoms with Crippen LogP contribution in [0, 0.1) is 13.8 Å². The Balaban J connectivity index is 1.38. The monoisotopic (exact) mass is 397 g/mol. The third-order valence-corrected chi connectivity index (χ3v) is 5.69. The van der Waals surface area contributed by atoms with E-state index in [2.05, 4.69) is 83.7 Å². The Kier molecular flexibility index (Phi) is 6.60. The van der Waals surface area contributed by atoms with Gasteiger partial charge in [-0.2, -0.15) is 0 Å². The molecule has 0 amide bonds. The van der Waals surface area contributed by atoms with Crippen LogP contribution in [0.3, 0.4) is 0 Å². The van der Waals surface area contributed by atoms with Crippen molar-refractivity contribution in [1.29, 1.82) is 0 Å². The van der Waals surface area contributed by atoms with Gasteiger partial charge < -0.3 is 10.3 Å². The minimum atomic E-state index is 0.995. The first kappa shape index (κ1) is 20.4. The molecule has 0 unspecified atom stereocenters. The zero-order valence-electron chi connectivity index (χ0n) is 18.0. The summed E-state index contributed by atoms with van der Waals surface area (Å²) in [5, 5.41) is 4.99. The van der Waals surface area contributed by atoms with Crippen molar-refractivity contribution in [3.05, 3.63) is 89.2 Å². The highest BCUT2D eigenvalue weighted by Gasteiger charge is 2.13. The normalized spacial score (nSPS) is 11.3. The van der Waals surface area contributed by atoms with Gasteiger partial charge in [-0.25, -0.2) is 0 Å². The molecular weight excluding hydrogens is 366 g/mol. The molecule has 0 aliphatic carbocycles. The number of fused-ring (bicyclic) bond motifs is 1. The average molecular weight is 398 g/mol. The fourth-order valence-corrected chi connectivity index (χ4v) is 4.29. The summed E-state index contributed by atoms with van der Waals surface area (Å²) >= 11 is 0. The van der Waals surface area contributed by atoms with Gasteiger partial charge in [-0.3, -0.25) is 4.98 Å². The standard InChI is InChI=1S/C27H31N3/c1-20-17-21(2)19-23(18-20)27-25(24-8-3-4-9-26(24)30-27)12-16-28-13-6-5-7-22-10-14-29-15-11-22/h3-4,8-11,14-15,17-19,28,30H,5-7,12-13,16H2,1-2H3. The van der Waals surface area contributed by atoms with Crippen molar-refractivity contribution < 1.29 is 0 Å². The Labute approximate surface area is 179 Å². The number of aromatic nitrogens is 2. The molecule has 2 N–H and O–H groups in total. The van der Waals surface area contributed by atoms with E-state index < -0.39 is 0 Å². The number of hydrogen-bond acceptors (Lipinski definition) is 2. The molecule has 0 saturated carbocycles. The molecule has 2 heterocycles. The predicted octanol–water partition coefficient (Wildman–Crippen LogP) is 6.00. The van der Waals surface area contributed by atoms with Crippen LogP contribution >= 0.6 is 0 Å². The van der Waals surface area contributed by atoms with Gasteiger partial charge in [0.25, 0.3) is 0 Å². The van der Waals surface area contributed by atoms with E-state index in [1.165, 1.54) is 57.3 Å². The first-order valence-electron chi connectivity index (χ1n) is 11.0. The minimum absolute atomic E-state index is 0.995. The van der Waals surface area contributed by atoms with Gasteiger partial charge in [-0.15, -0.1) is 0 Å². The maximum absolute atomic E-state index is 4.08. The highest BCUT2D eigenvalue weighted by molar-refractivity contribution is 5.91. The number of nitrogens with one attached hydrogen (secondary N) is 2. The molecule has 0 radical (unpaired) electrons. The second-order valence-electron chi connectivity index (χ2n) is 8.21. The lowest BCUT2D eigenvalue weighted by atomic mass is 9.99. The Bertz CT molecular complexity index is 1080. The van der Waals surface area contributed by atoms with Crippen LogP contribution in [-0.4, -0.2) is 23.1 Å². The van der Waals surface area contributed by atoms with Crippen LogP contribution in [0.1, 0.15) is 35.1 Å². The van der Waals surface area contributed by atoms with E-state index in [-0.39, 0.29) is 0 Å². The number of para-hydroxylation sites is 1. The molecule has 0 atom stereocenters. The zero-order chi connectivity index (χ0) is 20.8. The number of nitrogens with zero attached hydrogens (tertiary/aromatic N) is 1. The lowest BCUT2D eigenvalue weighted by molar-refractivity contribution is 0.623. The molecule has 0 fully saturated rings. The van der Waals surface area contributed by atoms with Crippen molar-refractivity contribution in [3.8, 4) is 11.3 Å². The molecule has 4 rings (SSSR count). The van der Waals surface area contributed by atoms with Crippen LogP contribution in [0.5, 0.6) is 0 Å². The van der Waals surface area contributed by atoms with E-state index in [0.717, 1.165) is 25.9 Å². The summed E-state index contributed by atoms with van der Waals surface area (Å²) < 4.78 is 0. The second-order valence-corrected chi connectivity index (χ2v) is 8.21. The quantitative estimate of drug-likeness (QED) is 0.340. The number of hydrogen-bond donors (Lipinski definition) is 2. The number of pyridine rings is 1. The molecule has 4 aromatic rings. The molecule has 30 heavy (non-hydrogen) atoms. The Morgan fingerprint density at radius 1 is 0.833 bits per heavy atom. The van der Waals surface area contributed by atoms with Crippen molar-refractivity contribution in [2.75, 3.05) is 13.1 Å². The lowest BCUT2D eigenvalue weighted by Crippen LogP contribution is -2.18. The summed E-state index contributed by atoms with van der Waals surface area (Å²) in [7, 11) is 0. The fourth-order valence-electron chi connectivity index (χ4n) is 4.29. The van der Waals surface area contributed by atoms with Crippen LogP contribution < -0.4 is 5.32 Å². The molecule has 0 aliphatic rings. The predicted molar refractivity (Wildman–Crippen MR) is 127 cm³/mol.